The predicted octanol–water partition coefficient (Wildman–Crippen LogP) is 3.47. The summed E-state index contributed by atoms with van der Waals surface area (Å²) in [7, 11) is 2.01. The molecule has 0 radical (unpaired) electrons. The van der Waals surface area contributed by atoms with Gasteiger partial charge >= 0.3 is 11.9 Å². The van der Waals surface area contributed by atoms with Gasteiger partial charge in [0.05, 0.1) is 18.3 Å². The molecule has 0 saturated carbocycles. The quantitative estimate of drug-likeness (QED) is 0.265. The molecule has 2 unspecified atom stereocenters. The average Bonchev–Trinajstić information content (AvgIpc) is 3.26. The van der Waals surface area contributed by atoms with E-state index in [1.807, 2.05) is 20.9 Å². The van der Waals surface area contributed by atoms with Crippen LogP contribution in [0.15, 0.2) is 12.5 Å². The molecule has 35 heavy (non-hydrogen) atoms. The number of ketones is 1. The highest BCUT2D eigenvalue weighted by molar-refractivity contribution is 5.88. The van der Waals surface area contributed by atoms with E-state index in [-0.39, 0.29) is 23.7 Å². The average molecular weight is 493 g/mol. The van der Waals surface area contributed by atoms with E-state index < -0.39 is 29.6 Å². The number of piperidine rings is 1. The highest BCUT2D eigenvalue weighted by Crippen LogP contribution is 2.43. The largest absolute Gasteiger partial charge is 0.481 e. The van der Waals surface area contributed by atoms with Crippen LogP contribution in [0.3, 0.4) is 0 Å². The molecule has 1 aliphatic heterocycles. The second kappa shape index (κ2) is 12.6. The van der Waals surface area contributed by atoms with Crippen LogP contribution < -0.4 is 5.73 Å². The Balaban J connectivity index is 1.97. The molecule has 3 atom stereocenters. The number of hydrogen-bond acceptors (Lipinski definition) is 7. The summed E-state index contributed by atoms with van der Waals surface area (Å²) in [5, 5.41) is 8.68. The van der Waals surface area contributed by atoms with E-state index in [1.165, 1.54) is 0 Å². The van der Waals surface area contributed by atoms with Crippen LogP contribution in [0.25, 0.3) is 0 Å². The Morgan fingerprint density at radius 1 is 1.14 bits per heavy atom. The van der Waals surface area contributed by atoms with Crippen molar-refractivity contribution in [2.45, 2.75) is 115 Å². The molecule has 1 aliphatic rings. The molecule has 1 saturated heterocycles. The molecular formula is C26H44N4O5. The minimum atomic E-state index is -0.757. The number of esters is 1. The first-order chi connectivity index (χ1) is 16.4. The molecule has 0 aliphatic carbocycles. The van der Waals surface area contributed by atoms with Crippen molar-refractivity contribution in [1.29, 1.82) is 0 Å². The fourth-order valence-corrected chi connectivity index (χ4v) is 5.28. The lowest BCUT2D eigenvalue weighted by Gasteiger charge is -2.57. The minimum absolute atomic E-state index is 0.105. The van der Waals surface area contributed by atoms with E-state index in [0.29, 0.717) is 25.7 Å². The zero-order valence-corrected chi connectivity index (χ0v) is 22.0. The van der Waals surface area contributed by atoms with Gasteiger partial charge in [0, 0.05) is 48.7 Å². The molecule has 2 rings (SSSR count). The third-order valence-corrected chi connectivity index (χ3v) is 7.58. The van der Waals surface area contributed by atoms with Crippen LogP contribution in [-0.4, -0.2) is 68.0 Å². The number of imidazole rings is 1. The van der Waals surface area contributed by atoms with Gasteiger partial charge in [0.15, 0.2) is 5.78 Å². The zero-order chi connectivity index (χ0) is 26.2. The highest BCUT2D eigenvalue weighted by atomic mass is 16.5. The molecule has 1 aromatic heterocycles. The van der Waals surface area contributed by atoms with E-state index in [0.717, 1.165) is 37.8 Å². The number of hydrogen-bond donors (Lipinski definition) is 3. The molecule has 1 fully saturated rings. The smallest absolute Gasteiger partial charge is 0.306 e. The molecule has 0 aromatic carbocycles. The van der Waals surface area contributed by atoms with E-state index >= 15 is 0 Å². The Bertz CT molecular complexity index is 837. The van der Waals surface area contributed by atoms with E-state index in [9.17, 15) is 14.4 Å². The van der Waals surface area contributed by atoms with Crippen LogP contribution in [0.5, 0.6) is 0 Å². The first-order valence-electron chi connectivity index (χ1n) is 12.8. The first-order valence-corrected chi connectivity index (χ1v) is 12.8. The Morgan fingerprint density at radius 3 is 2.31 bits per heavy atom. The number of Topliss-reactive ketones (excluding diaryl/α,β-unsaturated/α-hetero) is 1. The van der Waals surface area contributed by atoms with Gasteiger partial charge in [-0.15, -0.1) is 0 Å². The number of nitrogens with one attached hydrogen (secondary N) is 1. The fourth-order valence-electron chi connectivity index (χ4n) is 5.28. The lowest BCUT2D eigenvalue weighted by molar-refractivity contribution is -0.174. The number of nitrogens with zero attached hydrogens (tertiary/aromatic N) is 2. The summed E-state index contributed by atoms with van der Waals surface area (Å²) in [5.41, 5.74) is 6.33. The number of aliphatic carboxylic acids is 1. The third kappa shape index (κ3) is 8.14. The van der Waals surface area contributed by atoms with Crippen molar-refractivity contribution < 1.29 is 24.2 Å². The number of likely N-dealkylation sites (tertiary alicyclic amines) is 1. The lowest BCUT2D eigenvalue weighted by Crippen LogP contribution is -2.68. The molecule has 198 valence electrons. The van der Waals surface area contributed by atoms with Crippen molar-refractivity contribution in [3.05, 3.63) is 18.2 Å². The lowest BCUT2D eigenvalue weighted by atomic mass is 9.68. The number of aromatic nitrogens is 2. The van der Waals surface area contributed by atoms with Gasteiger partial charge in [0.25, 0.3) is 0 Å². The number of carboxylic acids is 1. The van der Waals surface area contributed by atoms with Crippen molar-refractivity contribution in [3.63, 3.8) is 0 Å². The molecule has 0 bridgehead atoms. The molecular weight excluding hydrogens is 448 g/mol. The summed E-state index contributed by atoms with van der Waals surface area (Å²) in [6.07, 6.45) is 9.22. The topological polar surface area (TPSA) is 139 Å². The van der Waals surface area contributed by atoms with Gasteiger partial charge in [-0.3, -0.25) is 19.3 Å². The summed E-state index contributed by atoms with van der Waals surface area (Å²) < 4.78 is 5.97. The predicted molar refractivity (Wildman–Crippen MR) is 134 cm³/mol. The minimum Gasteiger partial charge on any atom is -0.481 e. The van der Waals surface area contributed by atoms with Crippen molar-refractivity contribution in [2.75, 3.05) is 7.05 Å². The monoisotopic (exact) mass is 492 g/mol. The summed E-state index contributed by atoms with van der Waals surface area (Å²) in [4.78, 5) is 46.1. The Labute approximate surface area is 209 Å². The van der Waals surface area contributed by atoms with Crippen LogP contribution in [0.2, 0.25) is 0 Å². The van der Waals surface area contributed by atoms with Gasteiger partial charge in [-0.1, -0.05) is 25.7 Å². The SMILES string of the molecule is CN1C(C)(C)CC(OC(=O)CCCCCCCCC(=O)O)C(C(=O)[C@@H](N)Cc2cnc[nH]2)C1(C)C. The summed E-state index contributed by atoms with van der Waals surface area (Å²) >= 11 is 0. The number of H-pyrrole nitrogens is 1. The Hall–Kier alpha value is -2.26. The normalized spacial score (nSPS) is 22.5. The number of carbonyl (C=O) groups is 3. The molecule has 1 aromatic rings. The molecule has 0 spiro atoms. The summed E-state index contributed by atoms with van der Waals surface area (Å²) in [5.74, 6) is -1.69. The number of unbranched alkanes of at least 4 members (excludes halogenated alkanes) is 5. The van der Waals surface area contributed by atoms with Crippen LogP contribution >= 0.6 is 0 Å². The van der Waals surface area contributed by atoms with Gasteiger partial charge in [-0.25, -0.2) is 4.98 Å². The number of carbonyl (C=O) groups excluding carboxylic acids is 2. The number of aromatic amines is 1. The van der Waals surface area contributed by atoms with Crippen LogP contribution in [-0.2, 0) is 25.5 Å². The van der Waals surface area contributed by atoms with Crippen molar-refractivity contribution in [2.24, 2.45) is 11.7 Å². The van der Waals surface area contributed by atoms with Crippen molar-refractivity contribution >= 4 is 17.7 Å². The maximum absolute atomic E-state index is 13.6. The van der Waals surface area contributed by atoms with Gasteiger partial charge < -0.3 is 20.6 Å². The number of ether oxygens (including phenoxy) is 1. The van der Waals surface area contributed by atoms with Crippen LogP contribution in [0.4, 0.5) is 0 Å². The molecule has 0 amide bonds. The molecule has 2 heterocycles. The fraction of sp³-hybridized carbons (Fsp3) is 0.769. The third-order valence-electron chi connectivity index (χ3n) is 7.58. The van der Waals surface area contributed by atoms with Gasteiger partial charge in [0.1, 0.15) is 6.10 Å². The van der Waals surface area contributed by atoms with E-state index in [1.54, 1.807) is 12.5 Å². The molecule has 9 nitrogen and oxygen atoms in total. The second-order valence-corrected chi connectivity index (χ2v) is 11.0. The Morgan fingerprint density at radius 2 is 1.74 bits per heavy atom. The van der Waals surface area contributed by atoms with E-state index in [2.05, 4.69) is 28.7 Å². The number of carboxylic acid groups (broad SMARTS) is 1. The zero-order valence-electron chi connectivity index (χ0n) is 22.0. The van der Waals surface area contributed by atoms with Crippen LogP contribution in [0, 0.1) is 5.92 Å². The highest BCUT2D eigenvalue weighted by Gasteiger charge is 2.55. The van der Waals surface area contributed by atoms with Gasteiger partial charge in [0.2, 0.25) is 0 Å². The molecule has 4 N–H and O–H groups in total. The second-order valence-electron chi connectivity index (χ2n) is 11.0. The standard InChI is InChI=1S/C26H44N4O5/c1-25(2)15-20(35-22(33)13-11-9-7-6-8-10-12-21(31)32)23(26(3,4)30(25)5)24(34)19(27)14-18-16-28-17-29-18/h16-17,19-20,23H,6-15,27H2,1-5H3,(H,28,29)(H,31,32)/t19-,20?,23?/m0/s1. The maximum atomic E-state index is 13.6. The number of nitrogens with two attached hydrogens (primary N) is 1. The van der Waals surface area contributed by atoms with Crippen LogP contribution in [0.1, 0.15) is 91.2 Å². The first kappa shape index (κ1) is 29.0. The molecule has 9 heteroatoms. The Kier molecular flexibility index (Phi) is 10.5. The summed E-state index contributed by atoms with van der Waals surface area (Å²) in [6, 6.07) is -0.725. The number of rotatable bonds is 14. The van der Waals surface area contributed by atoms with Gasteiger partial charge in [-0.2, -0.15) is 0 Å². The van der Waals surface area contributed by atoms with E-state index in [4.69, 9.17) is 15.6 Å². The summed E-state index contributed by atoms with van der Waals surface area (Å²) in [6.45, 7) is 8.24. The van der Waals surface area contributed by atoms with Crippen molar-refractivity contribution in [3.8, 4) is 0 Å². The van der Waals surface area contributed by atoms with Gasteiger partial charge in [-0.05, 0) is 47.6 Å². The van der Waals surface area contributed by atoms with Crippen molar-refractivity contribution in [1.82, 2.24) is 14.9 Å². The maximum Gasteiger partial charge on any atom is 0.306 e.